The van der Waals surface area contributed by atoms with Crippen LogP contribution in [0.5, 0.6) is 0 Å². The summed E-state index contributed by atoms with van der Waals surface area (Å²) in [6.45, 7) is 2.05. The van der Waals surface area contributed by atoms with Crippen LogP contribution in [0, 0.1) is 0 Å². The maximum Gasteiger partial charge on any atom is 0.339 e. The number of nitrogens with one attached hydrogen (secondary N) is 1. The molecule has 0 fully saturated rings. The number of hydrogen-bond acceptors (Lipinski definition) is 5. The molecule has 1 aromatic carbocycles. The Bertz CT molecular complexity index is 904. The van der Waals surface area contributed by atoms with Crippen LogP contribution < -0.4 is 5.32 Å². The number of carbonyl (C=O) groups excluding carboxylic acids is 1. The lowest BCUT2D eigenvalue weighted by molar-refractivity contribution is 0.0526. The van der Waals surface area contributed by atoms with E-state index in [2.05, 4.69) is 15.3 Å². The molecule has 2 heterocycles. The number of aryl methyl sites for hydroxylation is 1. The summed E-state index contributed by atoms with van der Waals surface area (Å²) in [5.41, 5.74) is 2.09. The van der Waals surface area contributed by atoms with Gasteiger partial charge < -0.3 is 10.1 Å². The average Bonchev–Trinajstić information content (AvgIpc) is 2.87. The molecule has 3 rings (SSSR count). The second-order valence-electron chi connectivity index (χ2n) is 5.00. The smallest absolute Gasteiger partial charge is 0.339 e. The predicted octanol–water partition coefficient (Wildman–Crippen LogP) is 4.20. The third-order valence-corrected chi connectivity index (χ3v) is 4.05. The molecule has 0 aliphatic heterocycles. The second kappa shape index (κ2) is 6.67. The van der Waals surface area contributed by atoms with Gasteiger partial charge in [-0.15, -0.1) is 0 Å². The molecule has 0 aliphatic carbocycles. The van der Waals surface area contributed by atoms with Crippen molar-refractivity contribution in [2.45, 2.75) is 6.92 Å². The molecule has 6 nitrogen and oxygen atoms in total. The maximum absolute atomic E-state index is 11.8. The summed E-state index contributed by atoms with van der Waals surface area (Å²) in [5.74, 6) is 0.0784. The van der Waals surface area contributed by atoms with Crippen LogP contribution in [0.1, 0.15) is 17.3 Å². The molecule has 0 unspecified atom stereocenters. The van der Waals surface area contributed by atoms with E-state index in [1.165, 1.54) is 6.20 Å². The highest BCUT2D eigenvalue weighted by atomic mass is 35.5. The van der Waals surface area contributed by atoms with Gasteiger partial charge in [0.25, 0.3) is 0 Å². The summed E-state index contributed by atoms with van der Waals surface area (Å²) >= 11 is 12.3. The molecule has 0 saturated carbocycles. The molecule has 0 radical (unpaired) electrons. The number of rotatable bonds is 4. The monoisotopic (exact) mass is 364 g/mol. The van der Waals surface area contributed by atoms with Crippen molar-refractivity contribution in [2.75, 3.05) is 11.9 Å². The number of nitrogens with zero attached hydrogens (tertiary/aromatic N) is 3. The minimum atomic E-state index is -0.429. The average molecular weight is 365 g/mol. The molecule has 0 saturated heterocycles. The highest BCUT2D eigenvalue weighted by Crippen LogP contribution is 2.32. The summed E-state index contributed by atoms with van der Waals surface area (Å²) in [5, 5.41) is 4.07. The predicted molar refractivity (Wildman–Crippen MR) is 94.2 cm³/mol. The first-order valence-corrected chi connectivity index (χ1v) is 7.97. The van der Waals surface area contributed by atoms with Gasteiger partial charge in [0.05, 0.1) is 27.9 Å². The third kappa shape index (κ3) is 3.02. The van der Waals surface area contributed by atoms with Crippen LogP contribution in [-0.4, -0.2) is 27.1 Å². The standard InChI is InChI=1S/C16H14Cl2N4O2/c1-3-24-15(23)9-7-12-14(19-8-9)22(2)16(20-12)21-13-10(17)5-4-6-11(13)18/h4-8H,3H2,1-2H3,(H,20,21). The van der Waals surface area contributed by atoms with Crippen LogP contribution in [0.25, 0.3) is 11.2 Å². The number of carbonyl (C=O) groups is 1. The first-order valence-electron chi connectivity index (χ1n) is 7.22. The van der Waals surface area contributed by atoms with Crippen molar-refractivity contribution in [2.24, 2.45) is 7.05 Å². The zero-order valence-corrected chi connectivity index (χ0v) is 14.5. The topological polar surface area (TPSA) is 69.0 Å². The highest BCUT2D eigenvalue weighted by molar-refractivity contribution is 6.39. The molecular weight excluding hydrogens is 351 g/mol. The Labute approximate surface area is 148 Å². The Morgan fingerprint density at radius 1 is 1.33 bits per heavy atom. The number of hydrogen-bond donors (Lipinski definition) is 1. The number of halogens is 2. The molecular formula is C16H14Cl2N4O2. The number of esters is 1. The van der Waals surface area contributed by atoms with E-state index in [0.29, 0.717) is 45.0 Å². The van der Waals surface area contributed by atoms with Gasteiger partial charge in [0.1, 0.15) is 5.52 Å². The van der Waals surface area contributed by atoms with Gasteiger partial charge in [-0.25, -0.2) is 14.8 Å². The SMILES string of the molecule is CCOC(=O)c1cnc2c(c1)nc(Nc1c(Cl)cccc1Cl)n2C. The van der Waals surface area contributed by atoms with Crippen LogP contribution in [0.3, 0.4) is 0 Å². The molecule has 1 N–H and O–H groups in total. The summed E-state index contributed by atoms with van der Waals surface area (Å²) in [4.78, 5) is 20.6. The molecule has 0 aliphatic rings. The Balaban J connectivity index is 2.00. The number of imidazole rings is 1. The molecule has 3 aromatic rings. The molecule has 124 valence electrons. The molecule has 0 spiro atoms. The van der Waals surface area contributed by atoms with E-state index in [1.54, 1.807) is 42.8 Å². The number of aromatic nitrogens is 3. The molecule has 0 atom stereocenters. The highest BCUT2D eigenvalue weighted by Gasteiger charge is 2.15. The van der Waals surface area contributed by atoms with Gasteiger partial charge >= 0.3 is 5.97 Å². The van der Waals surface area contributed by atoms with Crippen LogP contribution in [-0.2, 0) is 11.8 Å². The van der Waals surface area contributed by atoms with E-state index in [4.69, 9.17) is 27.9 Å². The van der Waals surface area contributed by atoms with Gasteiger partial charge in [-0.1, -0.05) is 29.3 Å². The number of benzene rings is 1. The summed E-state index contributed by atoms with van der Waals surface area (Å²) < 4.78 is 6.73. The Morgan fingerprint density at radius 3 is 2.71 bits per heavy atom. The summed E-state index contributed by atoms with van der Waals surface area (Å²) in [6.07, 6.45) is 1.47. The second-order valence-corrected chi connectivity index (χ2v) is 5.82. The summed E-state index contributed by atoms with van der Waals surface area (Å²) in [7, 11) is 1.81. The summed E-state index contributed by atoms with van der Waals surface area (Å²) in [6, 6.07) is 6.86. The normalized spacial score (nSPS) is 10.8. The fourth-order valence-electron chi connectivity index (χ4n) is 2.24. The van der Waals surface area contributed by atoms with E-state index in [0.717, 1.165) is 0 Å². The molecule has 2 aromatic heterocycles. The van der Waals surface area contributed by atoms with Crippen molar-refractivity contribution in [3.8, 4) is 0 Å². The third-order valence-electron chi connectivity index (χ3n) is 3.42. The van der Waals surface area contributed by atoms with E-state index < -0.39 is 5.97 Å². The first kappa shape index (κ1) is 16.5. The van der Waals surface area contributed by atoms with Crippen molar-refractivity contribution >= 4 is 52.0 Å². The number of anilines is 2. The van der Waals surface area contributed by atoms with E-state index in [9.17, 15) is 4.79 Å². The zero-order chi connectivity index (χ0) is 17.3. The fourth-order valence-corrected chi connectivity index (χ4v) is 2.73. The van der Waals surface area contributed by atoms with Crippen molar-refractivity contribution in [1.29, 1.82) is 0 Å². The Morgan fingerprint density at radius 2 is 2.04 bits per heavy atom. The number of ether oxygens (including phenoxy) is 1. The molecule has 24 heavy (non-hydrogen) atoms. The lowest BCUT2D eigenvalue weighted by Crippen LogP contribution is -2.05. The van der Waals surface area contributed by atoms with Gasteiger partial charge in [0, 0.05) is 13.2 Å². The minimum Gasteiger partial charge on any atom is -0.462 e. The van der Waals surface area contributed by atoms with Crippen molar-refractivity contribution in [1.82, 2.24) is 14.5 Å². The van der Waals surface area contributed by atoms with Gasteiger partial charge in [0.2, 0.25) is 5.95 Å². The number of pyridine rings is 1. The molecule has 8 heteroatoms. The van der Waals surface area contributed by atoms with Gasteiger partial charge in [-0.3, -0.25) is 4.57 Å². The molecule has 0 amide bonds. The fraction of sp³-hybridized carbons (Fsp3) is 0.188. The van der Waals surface area contributed by atoms with Gasteiger partial charge in [-0.2, -0.15) is 0 Å². The van der Waals surface area contributed by atoms with Crippen LogP contribution in [0.15, 0.2) is 30.5 Å². The van der Waals surface area contributed by atoms with E-state index >= 15 is 0 Å². The lowest BCUT2D eigenvalue weighted by atomic mass is 10.3. The van der Waals surface area contributed by atoms with Crippen molar-refractivity contribution in [3.63, 3.8) is 0 Å². The van der Waals surface area contributed by atoms with Crippen LogP contribution in [0.4, 0.5) is 11.6 Å². The van der Waals surface area contributed by atoms with E-state index in [-0.39, 0.29) is 0 Å². The van der Waals surface area contributed by atoms with Crippen molar-refractivity contribution in [3.05, 3.63) is 46.1 Å². The zero-order valence-electron chi connectivity index (χ0n) is 13.0. The molecule has 0 bridgehead atoms. The number of fused-ring (bicyclic) bond motifs is 1. The lowest BCUT2D eigenvalue weighted by Gasteiger charge is -2.09. The number of para-hydroxylation sites is 1. The Kier molecular flexibility index (Phi) is 4.59. The van der Waals surface area contributed by atoms with Gasteiger partial charge in [0.15, 0.2) is 5.65 Å². The van der Waals surface area contributed by atoms with Crippen molar-refractivity contribution < 1.29 is 9.53 Å². The quantitative estimate of drug-likeness (QED) is 0.702. The first-order chi connectivity index (χ1) is 11.5. The Hall–Kier alpha value is -2.31. The van der Waals surface area contributed by atoms with Crippen LogP contribution >= 0.6 is 23.2 Å². The van der Waals surface area contributed by atoms with E-state index in [1.807, 2.05) is 0 Å². The maximum atomic E-state index is 11.8. The van der Waals surface area contributed by atoms with Gasteiger partial charge in [-0.05, 0) is 25.1 Å². The minimum absolute atomic E-state index is 0.302. The largest absolute Gasteiger partial charge is 0.462 e. The van der Waals surface area contributed by atoms with Crippen LogP contribution in [0.2, 0.25) is 10.0 Å².